The lowest BCUT2D eigenvalue weighted by Crippen LogP contribution is -2.39. The Balaban J connectivity index is 0.00000484. The Morgan fingerprint density at radius 2 is 2.09 bits per heavy atom. The van der Waals surface area contributed by atoms with E-state index in [9.17, 15) is 0 Å². The molecule has 0 spiro atoms. The Hall–Kier alpha value is -0.440. The molecule has 1 atom stereocenters. The number of hydrogen-bond acceptors (Lipinski definition) is 3. The number of nitrogens with one attached hydrogen (secondary N) is 1. The lowest BCUT2D eigenvalue weighted by molar-refractivity contribution is 0.473. The van der Waals surface area contributed by atoms with Gasteiger partial charge in [0, 0.05) is 44.2 Å². The standard InChI is InChI=1S/C16H31N5S.HI/c1-8-17-16(18-9-13(4)22-7)20(5)10-14-11-21(6)19-15(14)12(2)3;/h11-13H,8-10H2,1-7H3,(H,17,18);1H. The van der Waals surface area contributed by atoms with E-state index in [0.29, 0.717) is 11.2 Å². The SMILES string of the molecule is CCNC(=NCC(C)SC)N(C)Cc1cn(C)nc1C(C)C.I. The van der Waals surface area contributed by atoms with Crippen LogP contribution in [0.15, 0.2) is 11.2 Å². The van der Waals surface area contributed by atoms with Gasteiger partial charge < -0.3 is 10.2 Å². The van der Waals surface area contributed by atoms with Crippen LogP contribution < -0.4 is 5.32 Å². The van der Waals surface area contributed by atoms with Crippen molar-refractivity contribution >= 4 is 41.7 Å². The van der Waals surface area contributed by atoms with Gasteiger partial charge in [0.25, 0.3) is 0 Å². The monoisotopic (exact) mass is 453 g/mol. The van der Waals surface area contributed by atoms with E-state index in [1.54, 1.807) is 0 Å². The maximum atomic E-state index is 4.75. The molecule has 1 unspecified atom stereocenters. The minimum Gasteiger partial charge on any atom is -0.357 e. The zero-order valence-corrected chi connectivity index (χ0v) is 18.6. The maximum Gasteiger partial charge on any atom is 0.193 e. The van der Waals surface area contributed by atoms with Crippen LogP contribution >= 0.6 is 35.7 Å². The Bertz CT molecular complexity index is 487. The molecule has 1 aromatic heterocycles. The summed E-state index contributed by atoms with van der Waals surface area (Å²) in [4.78, 5) is 6.93. The van der Waals surface area contributed by atoms with E-state index < -0.39 is 0 Å². The third-order valence-electron chi connectivity index (χ3n) is 3.49. The molecule has 0 aliphatic rings. The van der Waals surface area contributed by atoms with Crippen molar-refractivity contribution in [3.63, 3.8) is 0 Å². The summed E-state index contributed by atoms with van der Waals surface area (Å²) >= 11 is 1.84. The van der Waals surface area contributed by atoms with Gasteiger partial charge in [0.05, 0.1) is 12.2 Å². The van der Waals surface area contributed by atoms with Gasteiger partial charge in [0.1, 0.15) is 0 Å². The summed E-state index contributed by atoms with van der Waals surface area (Å²) in [6.07, 6.45) is 4.24. The molecule has 5 nitrogen and oxygen atoms in total. The summed E-state index contributed by atoms with van der Waals surface area (Å²) in [5.41, 5.74) is 2.44. The van der Waals surface area contributed by atoms with Crippen molar-refractivity contribution in [1.82, 2.24) is 20.0 Å². The van der Waals surface area contributed by atoms with Gasteiger partial charge in [-0.2, -0.15) is 16.9 Å². The Morgan fingerprint density at radius 1 is 1.43 bits per heavy atom. The van der Waals surface area contributed by atoms with Crippen LogP contribution in [-0.2, 0) is 13.6 Å². The van der Waals surface area contributed by atoms with Crippen LogP contribution in [-0.4, -0.2) is 52.3 Å². The van der Waals surface area contributed by atoms with Crippen molar-refractivity contribution in [3.8, 4) is 0 Å². The van der Waals surface area contributed by atoms with Gasteiger partial charge in [-0.1, -0.05) is 20.8 Å². The molecule has 0 aliphatic carbocycles. The fourth-order valence-electron chi connectivity index (χ4n) is 2.25. The van der Waals surface area contributed by atoms with Crippen molar-refractivity contribution < 1.29 is 0 Å². The van der Waals surface area contributed by atoms with Crippen molar-refractivity contribution in [3.05, 3.63) is 17.5 Å². The molecule has 0 radical (unpaired) electrons. The number of aliphatic imine (C=N–C) groups is 1. The minimum absolute atomic E-state index is 0. The summed E-state index contributed by atoms with van der Waals surface area (Å²) in [6.45, 7) is 11.2. The zero-order valence-electron chi connectivity index (χ0n) is 15.5. The molecule has 7 heteroatoms. The maximum absolute atomic E-state index is 4.75. The third-order valence-corrected chi connectivity index (χ3v) is 4.44. The molecule has 0 amide bonds. The van der Waals surface area contributed by atoms with Gasteiger partial charge in [0.15, 0.2) is 5.96 Å². The Morgan fingerprint density at radius 3 is 2.61 bits per heavy atom. The lowest BCUT2D eigenvalue weighted by Gasteiger charge is -2.22. The molecule has 1 rings (SSSR count). The molecule has 0 saturated carbocycles. The van der Waals surface area contributed by atoms with Gasteiger partial charge >= 0.3 is 0 Å². The van der Waals surface area contributed by atoms with Crippen LogP contribution in [0.1, 0.15) is 44.9 Å². The van der Waals surface area contributed by atoms with Gasteiger partial charge in [-0.3, -0.25) is 9.67 Å². The Kier molecular flexibility index (Phi) is 11.0. The highest BCUT2D eigenvalue weighted by Gasteiger charge is 2.15. The highest BCUT2D eigenvalue weighted by Crippen LogP contribution is 2.18. The smallest absolute Gasteiger partial charge is 0.193 e. The molecule has 0 fully saturated rings. The molecular weight excluding hydrogens is 421 g/mol. The number of aryl methyl sites for hydroxylation is 1. The van der Waals surface area contributed by atoms with E-state index >= 15 is 0 Å². The number of rotatable bonds is 7. The fourth-order valence-corrected chi connectivity index (χ4v) is 2.48. The van der Waals surface area contributed by atoms with E-state index in [1.165, 1.54) is 11.3 Å². The van der Waals surface area contributed by atoms with Crippen LogP contribution in [0.4, 0.5) is 0 Å². The zero-order chi connectivity index (χ0) is 16.7. The van der Waals surface area contributed by atoms with Gasteiger partial charge in [-0.05, 0) is 19.1 Å². The average Bonchev–Trinajstić information content (AvgIpc) is 2.83. The van der Waals surface area contributed by atoms with Gasteiger partial charge in [-0.15, -0.1) is 24.0 Å². The first-order chi connectivity index (χ1) is 10.4. The number of hydrogen-bond donors (Lipinski definition) is 1. The molecule has 0 aliphatic heterocycles. The van der Waals surface area contributed by atoms with Crippen molar-refractivity contribution in [2.75, 3.05) is 26.4 Å². The Labute approximate surface area is 162 Å². The summed E-state index contributed by atoms with van der Waals surface area (Å²) in [5, 5.41) is 8.49. The second-order valence-electron chi connectivity index (χ2n) is 5.96. The third kappa shape index (κ3) is 7.32. The predicted octanol–water partition coefficient (Wildman–Crippen LogP) is 3.31. The summed E-state index contributed by atoms with van der Waals surface area (Å²) in [5.74, 6) is 1.39. The fraction of sp³-hybridized carbons (Fsp3) is 0.750. The molecule has 1 N–H and O–H groups in total. The van der Waals surface area contributed by atoms with E-state index in [4.69, 9.17) is 4.99 Å². The molecule has 1 heterocycles. The topological polar surface area (TPSA) is 45.5 Å². The summed E-state index contributed by atoms with van der Waals surface area (Å²) < 4.78 is 1.90. The average molecular weight is 453 g/mol. The first kappa shape index (κ1) is 22.6. The normalized spacial score (nSPS) is 13.0. The second kappa shape index (κ2) is 11.2. The molecule has 0 aromatic carbocycles. The number of guanidine groups is 1. The van der Waals surface area contributed by atoms with Gasteiger partial charge in [0.2, 0.25) is 0 Å². The van der Waals surface area contributed by atoms with Crippen LogP contribution in [0, 0.1) is 0 Å². The van der Waals surface area contributed by atoms with E-state index in [1.807, 2.05) is 23.5 Å². The van der Waals surface area contributed by atoms with Crippen molar-refractivity contribution in [2.24, 2.45) is 12.0 Å². The van der Waals surface area contributed by atoms with E-state index in [2.05, 4.69) is 62.5 Å². The highest BCUT2D eigenvalue weighted by atomic mass is 127. The van der Waals surface area contributed by atoms with E-state index in [-0.39, 0.29) is 24.0 Å². The number of halogens is 1. The predicted molar refractivity (Wildman–Crippen MR) is 113 cm³/mol. The molecule has 134 valence electrons. The molecule has 1 aromatic rings. The van der Waals surface area contributed by atoms with Gasteiger partial charge in [-0.25, -0.2) is 0 Å². The van der Waals surface area contributed by atoms with Crippen LogP contribution in [0.5, 0.6) is 0 Å². The second-order valence-corrected chi connectivity index (χ2v) is 7.24. The molecule has 0 saturated heterocycles. The van der Waals surface area contributed by atoms with Crippen molar-refractivity contribution in [2.45, 2.75) is 45.4 Å². The summed E-state index contributed by atoms with van der Waals surface area (Å²) in [7, 11) is 4.07. The molecule has 23 heavy (non-hydrogen) atoms. The lowest BCUT2D eigenvalue weighted by atomic mass is 10.1. The largest absolute Gasteiger partial charge is 0.357 e. The number of thioether (sulfide) groups is 1. The summed E-state index contributed by atoms with van der Waals surface area (Å²) in [6, 6.07) is 0. The quantitative estimate of drug-likeness (QED) is 0.391. The van der Waals surface area contributed by atoms with Crippen LogP contribution in [0.25, 0.3) is 0 Å². The first-order valence-electron chi connectivity index (χ1n) is 7.93. The minimum atomic E-state index is 0. The number of aromatic nitrogens is 2. The highest BCUT2D eigenvalue weighted by molar-refractivity contribution is 14.0. The van der Waals surface area contributed by atoms with Crippen LogP contribution in [0.2, 0.25) is 0 Å². The van der Waals surface area contributed by atoms with E-state index in [0.717, 1.165) is 25.6 Å². The van der Waals surface area contributed by atoms with Crippen molar-refractivity contribution in [1.29, 1.82) is 0 Å². The molecule has 0 bridgehead atoms. The van der Waals surface area contributed by atoms with Crippen LogP contribution in [0.3, 0.4) is 0 Å². The molecular formula is C16H32IN5S. The first-order valence-corrected chi connectivity index (χ1v) is 9.22. The number of nitrogens with zero attached hydrogens (tertiary/aromatic N) is 4.